The van der Waals surface area contributed by atoms with Gasteiger partial charge in [0.1, 0.15) is 11.8 Å². The van der Waals surface area contributed by atoms with Gasteiger partial charge in [0.15, 0.2) is 6.61 Å². The first-order chi connectivity index (χ1) is 14.5. The highest BCUT2D eigenvalue weighted by atomic mass is 35.5. The van der Waals surface area contributed by atoms with Crippen LogP contribution in [0.1, 0.15) is 45.2 Å². The van der Waals surface area contributed by atoms with Crippen LogP contribution in [0.4, 0.5) is 0 Å². The maximum absolute atomic E-state index is 13.2. The number of carbonyl (C=O) groups excluding carboxylic acids is 2. The predicted molar refractivity (Wildman–Crippen MR) is 126 cm³/mol. The molecule has 2 aromatic rings. The van der Waals surface area contributed by atoms with E-state index in [1.54, 1.807) is 23.1 Å². The highest BCUT2D eigenvalue weighted by molar-refractivity contribution is 6.35. The van der Waals surface area contributed by atoms with Gasteiger partial charge >= 0.3 is 0 Å². The number of amides is 2. The molecule has 0 fully saturated rings. The minimum atomic E-state index is -0.628. The van der Waals surface area contributed by atoms with Gasteiger partial charge in [0.2, 0.25) is 5.91 Å². The van der Waals surface area contributed by atoms with Crippen LogP contribution in [0.5, 0.6) is 5.75 Å². The van der Waals surface area contributed by atoms with Gasteiger partial charge in [-0.1, -0.05) is 60.0 Å². The van der Waals surface area contributed by atoms with Crippen LogP contribution in [0.2, 0.25) is 10.0 Å². The number of aryl methyl sites for hydroxylation is 1. The first kappa shape index (κ1) is 25.0. The molecule has 168 valence electrons. The summed E-state index contributed by atoms with van der Waals surface area (Å²) in [5.41, 5.74) is 1.62. The summed E-state index contributed by atoms with van der Waals surface area (Å²) in [5, 5.41) is 3.79. The first-order valence-electron chi connectivity index (χ1n) is 10.2. The molecule has 0 spiro atoms. The third-order valence-corrected chi connectivity index (χ3v) is 5.10. The zero-order valence-electron chi connectivity index (χ0n) is 18.7. The number of nitrogens with one attached hydrogen (secondary N) is 1. The number of ether oxygens (including phenoxy) is 1. The van der Waals surface area contributed by atoms with Crippen molar-refractivity contribution in [2.24, 2.45) is 0 Å². The summed E-state index contributed by atoms with van der Waals surface area (Å²) in [6.45, 7) is 9.67. The Bertz CT molecular complexity index is 925. The van der Waals surface area contributed by atoms with Crippen LogP contribution in [0.3, 0.4) is 0 Å². The molecule has 0 aromatic heterocycles. The normalized spacial score (nSPS) is 12.2. The number of hydrogen-bond donors (Lipinski definition) is 1. The fourth-order valence-corrected chi connectivity index (χ4v) is 3.66. The molecule has 0 aliphatic carbocycles. The molecule has 2 amide bonds. The SMILES string of the molecule is CC[C@H](C(=O)NC(C)(C)C)N(Cc1cccc(C)c1)C(=O)COc1ccc(Cl)cc1Cl. The Morgan fingerprint density at radius 3 is 2.42 bits per heavy atom. The van der Waals surface area contributed by atoms with Gasteiger partial charge in [0, 0.05) is 17.1 Å². The van der Waals surface area contributed by atoms with Gasteiger partial charge in [-0.05, 0) is 57.9 Å². The van der Waals surface area contributed by atoms with E-state index < -0.39 is 11.6 Å². The van der Waals surface area contributed by atoms with Crippen LogP contribution in [-0.4, -0.2) is 34.9 Å². The largest absolute Gasteiger partial charge is 0.482 e. The van der Waals surface area contributed by atoms with Gasteiger partial charge in [-0.15, -0.1) is 0 Å². The Hall–Kier alpha value is -2.24. The van der Waals surface area contributed by atoms with Gasteiger partial charge in [0.25, 0.3) is 5.91 Å². The molecule has 0 heterocycles. The minimum Gasteiger partial charge on any atom is -0.482 e. The summed E-state index contributed by atoms with van der Waals surface area (Å²) >= 11 is 12.1. The molecule has 0 radical (unpaired) electrons. The molecular weight excluding hydrogens is 435 g/mol. The highest BCUT2D eigenvalue weighted by Crippen LogP contribution is 2.27. The van der Waals surface area contributed by atoms with Gasteiger partial charge in [-0.25, -0.2) is 0 Å². The molecule has 0 aliphatic heterocycles. The zero-order chi connectivity index (χ0) is 23.2. The van der Waals surface area contributed by atoms with E-state index in [4.69, 9.17) is 27.9 Å². The van der Waals surface area contributed by atoms with Gasteiger partial charge < -0.3 is 15.0 Å². The number of nitrogens with zero attached hydrogens (tertiary/aromatic N) is 1. The van der Waals surface area contributed by atoms with E-state index in [2.05, 4.69) is 5.32 Å². The lowest BCUT2D eigenvalue weighted by Crippen LogP contribution is -2.54. The second-order valence-corrected chi connectivity index (χ2v) is 9.38. The predicted octanol–water partition coefficient (Wildman–Crippen LogP) is 5.40. The van der Waals surface area contributed by atoms with Crippen LogP contribution < -0.4 is 10.1 Å². The molecule has 1 atom stereocenters. The Kier molecular flexibility index (Phi) is 8.78. The van der Waals surface area contributed by atoms with Crippen molar-refractivity contribution in [1.29, 1.82) is 0 Å². The molecule has 7 heteroatoms. The van der Waals surface area contributed by atoms with E-state index in [1.165, 1.54) is 0 Å². The van der Waals surface area contributed by atoms with Gasteiger partial charge in [-0.3, -0.25) is 9.59 Å². The van der Waals surface area contributed by atoms with Crippen molar-refractivity contribution in [3.05, 3.63) is 63.6 Å². The van der Waals surface area contributed by atoms with Crippen molar-refractivity contribution in [1.82, 2.24) is 10.2 Å². The first-order valence-corrected chi connectivity index (χ1v) is 11.0. The average Bonchev–Trinajstić information content (AvgIpc) is 2.65. The lowest BCUT2D eigenvalue weighted by atomic mass is 10.1. The van der Waals surface area contributed by atoms with Crippen molar-refractivity contribution >= 4 is 35.0 Å². The molecule has 2 aromatic carbocycles. The lowest BCUT2D eigenvalue weighted by Gasteiger charge is -2.33. The summed E-state index contributed by atoms with van der Waals surface area (Å²) < 4.78 is 5.66. The van der Waals surface area contributed by atoms with Gasteiger partial charge in [-0.2, -0.15) is 0 Å². The summed E-state index contributed by atoms with van der Waals surface area (Å²) in [4.78, 5) is 27.8. The van der Waals surface area contributed by atoms with Crippen LogP contribution >= 0.6 is 23.2 Å². The second-order valence-electron chi connectivity index (χ2n) is 8.54. The van der Waals surface area contributed by atoms with E-state index >= 15 is 0 Å². The Morgan fingerprint density at radius 1 is 1.13 bits per heavy atom. The number of benzene rings is 2. The quantitative estimate of drug-likeness (QED) is 0.568. The molecule has 1 N–H and O–H groups in total. The maximum atomic E-state index is 13.2. The number of carbonyl (C=O) groups is 2. The molecular formula is C24H30Cl2N2O3. The monoisotopic (exact) mass is 464 g/mol. The van der Waals surface area contributed by atoms with Crippen LogP contribution in [0.15, 0.2) is 42.5 Å². The van der Waals surface area contributed by atoms with Crippen LogP contribution in [0, 0.1) is 6.92 Å². The zero-order valence-corrected chi connectivity index (χ0v) is 20.2. The molecule has 0 saturated carbocycles. The fourth-order valence-electron chi connectivity index (χ4n) is 3.19. The Morgan fingerprint density at radius 2 is 1.84 bits per heavy atom. The minimum absolute atomic E-state index is 0.194. The summed E-state index contributed by atoms with van der Waals surface area (Å²) in [7, 11) is 0. The smallest absolute Gasteiger partial charge is 0.261 e. The molecule has 0 bridgehead atoms. The third-order valence-electron chi connectivity index (χ3n) is 4.56. The van der Waals surface area contributed by atoms with Crippen molar-refractivity contribution < 1.29 is 14.3 Å². The third kappa shape index (κ3) is 7.75. The maximum Gasteiger partial charge on any atom is 0.261 e. The molecule has 2 rings (SSSR count). The van der Waals surface area contributed by atoms with E-state index in [-0.39, 0.29) is 18.4 Å². The number of rotatable bonds is 8. The number of halogens is 2. The number of hydrogen-bond acceptors (Lipinski definition) is 3. The molecule has 5 nitrogen and oxygen atoms in total. The summed E-state index contributed by atoms with van der Waals surface area (Å²) in [6, 6.07) is 12.1. The van der Waals surface area contributed by atoms with E-state index in [9.17, 15) is 9.59 Å². The lowest BCUT2D eigenvalue weighted by molar-refractivity contribution is -0.143. The fraction of sp³-hybridized carbons (Fsp3) is 0.417. The molecule has 0 saturated heterocycles. The standard InChI is InChI=1S/C24H30Cl2N2O3/c1-6-20(23(30)27-24(3,4)5)28(14-17-9-7-8-16(2)12-17)22(29)15-31-21-11-10-18(25)13-19(21)26/h7-13,20H,6,14-15H2,1-5H3,(H,27,30)/t20-/m1/s1. The van der Waals surface area contributed by atoms with Crippen molar-refractivity contribution in [3.8, 4) is 5.75 Å². The highest BCUT2D eigenvalue weighted by Gasteiger charge is 2.31. The van der Waals surface area contributed by atoms with E-state index in [0.29, 0.717) is 28.8 Å². The Balaban J connectivity index is 2.26. The average molecular weight is 465 g/mol. The van der Waals surface area contributed by atoms with Crippen molar-refractivity contribution in [2.45, 2.75) is 59.2 Å². The van der Waals surface area contributed by atoms with E-state index in [1.807, 2.05) is 58.9 Å². The van der Waals surface area contributed by atoms with Gasteiger partial charge in [0.05, 0.1) is 5.02 Å². The molecule has 0 aliphatic rings. The van der Waals surface area contributed by atoms with Crippen LogP contribution in [0.25, 0.3) is 0 Å². The Labute approximate surface area is 194 Å². The van der Waals surface area contributed by atoms with Crippen molar-refractivity contribution in [3.63, 3.8) is 0 Å². The summed E-state index contributed by atoms with van der Waals surface area (Å²) in [6.07, 6.45) is 0.473. The van der Waals surface area contributed by atoms with Crippen LogP contribution in [-0.2, 0) is 16.1 Å². The topological polar surface area (TPSA) is 58.6 Å². The molecule has 31 heavy (non-hydrogen) atoms. The summed E-state index contributed by atoms with van der Waals surface area (Å²) in [5.74, 6) is -0.133. The second kappa shape index (κ2) is 10.9. The van der Waals surface area contributed by atoms with E-state index in [0.717, 1.165) is 11.1 Å². The van der Waals surface area contributed by atoms with Crippen molar-refractivity contribution in [2.75, 3.05) is 6.61 Å². The molecule has 0 unspecified atom stereocenters.